The van der Waals surface area contributed by atoms with E-state index in [4.69, 9.17) is 8.83 Å². The maximum Gasteiger partial charge on any atom is 0.344 e. The molecule has 0 spiro atoms. The third kappa shape index (κ3) is 3.84. The van der Waals surface area contributed by atoms with Crippen molar-refractivity contribution in [2.75, 3.05) is 5.32 Å². The van der Waals surface area contributed by atoms with Gasteiger partial charge in [0.05, 0.1) is 5.56 Å². The van der Waals surface area contributed by atoms with E-state index < -0.39 is 5.63 Å². The summed E-state index contributed by atoms with van der Waals surface area (Å²) in [5, 5.41) is 3.81. The van der Waals surface area contributed by atoms with Gasteiger partial charge in [0, 0.05) is 22.2 Å². The van der Waals surface area contributed by atoms with E-state index in [1.807, 2.05) is 67.6 Å². The number of carbonyl (C=O) groups excluding carboxylic acids is 1. The molecule has 6 aromatic rings. The lowest BCUT2D eigenvalue weighted by molar-refractivity contribution is 0.102. The molecule has 0 radical (unpaired) electrons. The van der Waals surface area contributed by atoms with Crippen LogP contribution in [0.15, 0.2) is 111 Å². The number of nitrogens with zero attached hydrogens (tertiary/aromatic N) is 1. The molecule has 1 N–H and O–H groups in total. The van der Waals surface area contributed by atoms with Crippen molar-refractivity contribution in [2.24, 2.45) is 0 Å². The van der Waals surface area contributed by atoms with Gasteiger partial charge in [-0.25, -0.2) is 9.78 Å². The molecule has 2 heterocycles. The highest BCUT2D eigenvalue weighted by Crippen LogP contribution is 2.31. The molecule has 0 aliphatic rings. The second kappa shape index (κ2) is 8.67. The summed E-state index contributed by atoms with van der Waals surface area (Å²) in [7, 11) is 0. The predicted molar refractivity (Wildman–Crippen MR) is 140 cm³/mol. The number of para-hydroxylation sites is 3. The highest BCUT2D eigenvalue weighted by molar-refractivity contribution is 6.05. The number of hydrogen-bond acceptors (Lipinski definition) is 5. The van der Waals surface area contributed by atoms with Gasteiger partial charge in [-0.1, -0.05) is 48.5 Å². The topological polar surface area (TPSA) is 85.3 Å². The van der Waals surface area contributed by atoms with Gasteiger partial charge in [0.1, 0.15) is 11.1 Å². The lowest BCUT2D eigenvalue weighted by atomic mass is 10.0. The SMILES string of the molecule is Cc1c(NC(=O)c2ccc(-c3cc4ccccc4oc3=O)cc2)cccc1-c1nc2ccccc2o1. The van der Waals surface area contributed by atoms with Crippen LogP contribution < -0.4 is 10.9 Å². The van der Waals surface area contributed by atoms with E-state index >= 15 is 0 Å². The van der Waals surface area contributed by atoms with Gasteiger partial charge in [-0.05, 0) is 66.6 Å². The molecule has 0 atom stereocenters. The summed E-state index contributed by atoms with van der Waals surface area (Å²) in [6.07, 6.45) is 0. The zero-order chi connectivity index (χ0) is 24.6. The first-order chi connectivity index (χ1) is 17.6. The second-order valence-electron chi connectivity index (χ2n) is 8.48. The summed E-state index contributed by atoms with van der Waals surface area (Å²) < 4.78 is 11.4. The molecule has 0 aliphatic heterocycles. The summed E-state index contributed by atoms with van der Waals surface area (Å²) in [5.74, 6) is 0.244. The molecule has 4 aromatic carbocycles. The summed E-state index contributed by atoms with van der Waals surface area (Å²) in [6.45, 7) is 1.92. The van der Waals surface area contributed by atoms with E-state index in [1.54, 1.807) is 36.4 Å². The van der Waals surface area contributed by atoms with Gasteiger partial charge in [-0.15, -0.1) is 0 Å². The van der Waals surface area contributed by atoms with Crippen LogP contribution in [-0.2, 0) is 0 Å². The summed E-state index contributed by atoms with van der Waals surface area (Å²) in [6, 6.07) is 29.2. The Morgan fingerprint density at radius 1 is 0.778 bits per heavy atom. The zero-order valence-electron chi connectivity index (χ0n) is 19.3. The Balaban J connectivity index is 1.26. The highest BCUT2D eigenvalue weighted by Gasteiger charge is 2.15. The molecule has 6 nitrogen and oxygen atoms in total. The first kappa shape index (κ1) is 21.6. The third-order valence-electron chi connectivity index (χ3n) is 6.21. The molecule has 0 saturated heterocycles. The van der Waals surface area contributed by atoms with Crippen molar-refractivity contribution in [3.05, 3.63) is 119 Å². The highest BCUT2D eigenvalue weighted by atomic mass is 16.4. The van der Waals surface area contributed by atoms with Gasteiger partial charge in [-0.3, -0.25) is 4.79 Å². The predicted octanol–water partition coefficient (Wildman–Crippen LogP) is 6.83. The molecule has 1 amide bonds. The maximum absolute atomic E-state index is 13.0. The van der Waals surface area contributed by atoms with Crippen molar-refractivity contribution in [1.29, 1.82) is 0 Å². The first-order valence-electron chi connectivity index (χ1n) is 11.5. The maximum atomic E-state index is 13.0. The normalized spacial score (nSPS) is 11.1. The molecule has 0 aliphatic carbocycles. The number of rotatable bonds is 4. The van der Waals surface area contributed by atoms with Crippen LogP contribution in [0.25, 0.3) is 44.7 Å². The minimum atomic E-state index is -0.419. The van der Waals surface area contributed by atoms with Crippen LogP contribution in [-0.4, -0.2) is 10.9 Å². The molecule has 0 saturated carbocycles. The van der Waals surface area contributed by atoms with Crippen LogP contribution in [0.4, 0.5) is 5.69 Å². The molecule has 0 bridgehead atoms. The monoisotopic (exact) mass is 472 g/mol. The lowest BCUT2D eigenvalue weighted by Crippen LogP contribution is -2.13. The Hall–Kier alpha value is -4.97. The number of anilines is 1. The van der Waals surface area contributed by atoms with Crippen molar-refractivity contribution >= 4 is 33.7 Å². The molecule has 6 rings (SSSR count). The van der Waals surface area contributed by atoms with Crippen LogP contribution in [0, 0.1) is 6.92 Å². The smallest absolute Gasteiger partial charge is 0.344 e. The van der Waals surface area contributed by atoms with Gasteiger partial charge in [0.2, 0.25) is 5.89 Å². The summed E-state index contributed by atoms with van der Waals surface area (Å²) in [5.41, 5.74) is 5.53. The van der Waals surface area contributed by atoms with Crippen LogP contribution >= 0.6 is 0 Å². The molecule has 2 aromatic heterocycles. The van der Waals surface area contributed by atoms with E-state index in [9.17, 15) is 9.59 Å². The largest absolute Gasteiger partial charge is 0.436 e. The number of hydrogen-bond donors (Lipinski definition) is 1. The number of aromatic nitrogens is 1. The average Bonchev–Trinajstić information content (AvgIpc) is 3.34. The Morgan fingerprint density at radius 2 is 1.53 bits per heavy atom. The quantitative estimate of drug-likeness (QED) is 0.284. The standard InChI is InChI=1S/C30H20N2O4/c1-18-22(29-32-25-9-3-5-12-27(25)35-29)8-6-10-24(18)31-28(33)20-15-13-19(14-16-20)23-17-21-7-2-4-11-26(21)36-30(23)34/h2-17H,1H3,(H,31,33). The number of fused-ring (bicyclic) bond motifs is 2. The van der Waals surface area contributed by atoms with Crippen molar-refractivity contribution in [2.45, 2.75) is 6.92 Å². The molecule has 174 valence electrons. The minimum Gasteiger partial charge on any atom is -0.436 e. The van der Waals surface area contributed by atoms with E-state index in [0.29, 0.717) is 39.4 Å². The van der Waals surface area contributed by atoms with Crippen LogP contribution in [0.3, 0.4) is 0 Å². The fourth-order valence-corrected chi connectivity index (χ4v) is 4.25. The Morgan fingerprint density at radius 3 is 2.33 bits per heavy atom. The Labute approximate surface area is 205 Å². The molecule has 36 heavy (non-hydrogen) atoms. The Bertz CT molecular complexity index is 1780. The third-order valence-corrected chi connectivity index (χ3v) is 6.21. The van der Waals surface area contributed by atoms with E-state index in [2.05, 4.69) is 10.3 Å². The molecule has 0 fully saturated rings. The lowest BCUT2D eigenvalue weighted by Gasteiger charge is -2.11. The second-order valence-corrected chi connectivity index (χ2v) is 8.48. The van der Waals surface area contributed by atoms with Crippen LogP contribution in [0.1, 0.15) is 15.9 Å². The number of amides is 1. The van der Waals surface area contributed by atoms with Gasteiger partial charge < -0.3 is 14.2 Å². The van der Waals surface area contributed by atoms with Crippen molar-refractivity contribution in [3.63, 3.8) is 0 Å². The molecular formula is C30H20N2O4. The zero-order valence-corrected chi connectivity index (χ0v) is 19.3. The first-order valence-corrected chi connectivity index (χ1v) is 11.5. The fourth-order valence-electron chi connectivity index (χ4n) is 4.25. The molecular weight excluding hydrogens is 452 g/mol. The molecule has 6 heteroatoms. The minimum absolute atomic E-state index is 0.259. The number of oxazole rings is 1. The van der Waals surface area contributed by atoms with Gasteiger partial charge in [-0.2, -0.15) is 0 Å². The number of benzene rings is 4. The van der Waals surface area contributed by atoms with E-state index in [1.165, 1.54) is 0 Å². The van der Waals surface area contributed by atoms with E-state index in [-0.39, 0.29) is 5.91 Å². The number of carbonyl (C=O) groups is 1. The van der Waals surface area contributed by atoms with E-state index in [0.717, 1.165) is 22.0 Å². The summed E-state index contributed by atoms with van der Waals surface area (Å²) >= 11 is 0. The van der Waals surface area contributed by atoms with Gasteiger partial charge in [0.15, 0.2) is 5.58 Å². The average molecular weight is 473 g/mol. The van der Waals surface area contributed by atoms with Crippen molar-refractivity contribution in [1.82, 2.24) is 4.98 Å². The van der Waals surface area contributed by atoms with Gasteiger partial charge in [0.25, 0.3) is 5.91 Å². The van der Waals surface area contributed by atoms with Crippen molar-refractivity contribution < 1.29 is 13.6 Å². The number of nitrogens with one attached hydrogen (secondary N) is 1. The van der Waals surface area contributed by atoms with Gasteiger partial charge >= 0.3 is 5.63 Å². The summed E-state index contributed by atoms with van der Waals surface area (Å²) in [4.78, 5) is 30.1. The fraction of sp³-hybridized carbons (Fsp3) is 0.0333. The van der Waals surface area contributed by atoms with Crippen LogP contribution in [0.2, 0.25) is 0 Å². The van der Waals surface area contributed by atoms with Crippen molar-refractivity contribution in [3.8, 4) is 22.6 Å². The van der Waals surface area contributed by atoms with Crippen LogP contribution in [0.5, 0.6) is 0 Å². The Kier molecular flexibility index (Phi) is 5.19. The molecule has 0 unspecified atom stereocenters.